The Bertz CT molecular complexity index is 908. The number of ketones is 1. The molecule has 2 aromatic carbocycles. The van der Waals surface area contributed by atoms with E-state index in [9.17, 15) is 17.6 Å². The van der Waals surface area contributed by atoms with E-state index in [4.69, 9.17) is 0 Å². The molecule has 0 saturated heterocycles. The van der Waals surface area contributed by atoms with Gasteiger partial charge in [0.1, 0.15) is 5.82 Å². The summed E-state index contributed by atoms with van der Waals surface area (Å²) in [5.74, 6) is -0.908. The number of hydrogen-bond acceptors (Lipinski definition) is 4. The van der Waals surface area contributed by atoms with E-state index < -0.39 is 21.9 Å². The van der Waals surface area contributed by atoms with Crippen LogP contribution in [0.25, 0.3) is 0 Å². The highest BCUT2D eigenvalue weighted by atomic mass is 32.2. The van der Waals surface area contributed by atoms with Crippen molar-refractivity contribution in [1.29, 1.82) is 0 Å². The van der Waals surface area contributed by atoms with E-state index in [1.807, 2.05) is 6.92 Å². The predicted molar refractivity (Wildman–Crippen MR) is 88.6 cm³/mol. The summed E-state index contributed by atoms with van der Waals surface area (Å²) in [6, 6.07) is 8.30. The van der Waals surface area contributed by atoms with Crippen LogP contribution < -0.4 is 10.0 Å². The van der Waals surface area contributed by atoms with E-state index in [1.165, 1.54) is 25.1 Å². The summed E-state index contributed by atoms with van der Waals surface area (Å²) in [5, 5.41) is 2.97. The number of Topliss-reactive ketones (excluding diaryl/α,β-unsaturated/α-hetero) is 1. The zero-order valence-electron chi connectivity index (χ0n) is 13.3. The van der Waals surface area contributed by atoms with Crippen molar-refractivity contribution >= 4 is 21.5 Å². The number of sulfonamides is 1. The second-order valence-electron chi connectivity index (χ2n) is 5.84. The van der Waals surface area contributed by atoms with Crippen molar-refractivity contribution in [2.75, 3.05) is 4.72 Å². The van der Waals surface area contributed by atoms with Crippen LogP contribution in [-0.4, -0.2) is 14.2 Å². The minimum absolute atomic E-state index is 0.0374. The zero-order chi connectivity index (χ0) is 17.5. The molecule has 24 heavy (non-hydrogen) atoms. The predicted octanol–water partition coefficient (Wildman–Crippen LogP) is 2.67. The van der Waals surface area contributed by atoms with Crippen LogP contribution >= 0.6 is 0 Å². The van der Waals surface area contributed by atoms with E-state index in [1.54, 1.807) is 18.2 Å². The molecule has 0 amide bonds. The molecule has 1 heterocycles. The lowest BCUT2D eigenvalue weighted by atomic mass is 10.00. The number of hydrogen-bond donors (Lipinski definition) is 2. The van der Waals surface area contributed by atoms with Crippen molar-refractivity contribution in [3.63, 3.8) is 0 Å². The molecule has 0 radical (unpaired) electrons. The first kappa shape index (κ1) is 16.6. The van der Waals surface area contributed by atoms with Crippen LogP contribution in [-0.2, 0) is 21.4 Å². The lowest BCUT2D eigenvalue weighted by Crippen LogP contribution is -2.22. The fraction of sp³-hybridized carbons (Fsp3) is 0.235. The Balaban J connectivity index is 2.06. The minimum Gasteiger partial charge on any atom is -0.300 e. The highest BCUT2D eigenvalue weighted by Gasteiger charge is 2.31. The highest BCUT2D eigenvalue weighted by Crippen LogP contribution is 2.35. The zero-order valence-corrected chi connectivity index (χ0v) is 14.1. The van der Waals surface area contributed by atoms with Crippen molar-refractivity contribution in [1.82, 2.24) is 5.32 Å². The van der Waals surface area contributed by atoms with Crippen LogP contribution in [0.1, 0.15) is 29.7 Å². The smallest absolute Gasteiger partial charge is 0.261 e. The molecular weight excluding hydrogens is 331 g/mol. The van der Waals surface area contributed by atoms with Gasteiger partial charge in [-0.1, -0.05) is 23.8 Å². The Morgan fingerprint density at radius 3 is 2.50 bits per heavy atom. The average molecular weight is 348 g/mol. The van der Waals surface area contributed by atoms with Gasteiger partial charge in [-0.25, -0.2) is 12.8 Å². The van der Waals surface area contributed by atoms with Crippen molar-refractivity contribution < 1.29 is 17.6 Å². The maximum atomic E-state index is 14.3. The third kappa shape index (κ3) is 2.92. The molecule has 0 aliphatic carbocycles. The van der Waals surface area contributed by atoms with E-state index in [-0.39, 0.29) is 16.4 Å². The Kier molecular flexibility index (Phi) is 4.15. The topological polar surface area (TPSA) is 75.3 Å². The van der Waals surface area contributed by atoms with E-state index >= 15 is 0 Å². The Morgan fingerprint density at radius 2 is 1.88 bits per heavy atom. The molecule has 0 bridgehead atoms. The van der Waals surface area contributed by atoms with Crippen LogP contribution in [0.5, 0.6) is 0 Å². The third-order valence-electron chi connectivity index (χ3n) is 4.04. The van der Waals surface area contributed by atoms with E-state index in [0.29, 0.717) is 17.7 Å². The maximum Gasteiger partial charge on any atom is 0.261 e. The third-order valence-corrected chi connectivity index (χ3v) is 5.41. The Morgan fingerprint density at radius 1 is 1.21 bits per heavy atom. The molecule has 1 atom stereocenters. The van der Waals surface area contributed by atoms with Crippen molar-refractivity contribution in [3.05, 3.63) is 58.9 Å². The van der Waals surface area contributed by atoms with Crippen LogP contribution in [0.4, 0.5) is 10.1 Å². The second-order valence-corrected chi connectivity index (χ2v) is 7.52. The first-order valence-corrected chi connectivity index (χ1v) is 8.92. The van der Waals surface area contributed by atoms with Gasteiger partial charge in [0.2, 0.25) is 0 Å². The number of benzene rings is 2. The average Bonchev–Trinajstić information content (AvgIpc) is 2.95. The molecule has 0 spiro atoms. The van der Waals surface area contributed by atoms with Gasteiger partial charge in [-0.05, 0) is 37.6 Å². The first-order valence-electron chi connectivity index (χ1n) is 7.44. The molecular formula is C17H17FN2O3S. The van der Waals surface area contributed by atoms with Crippen molar-refractivity contribution in [2.45, 2.75) is 31.3 Å². The largest absolute Gasteiger partial charge is 0.300 e. The van der Waals surface area contributed by atoms with Gasteiger partial charge in [-0.3, -0.25) is 14.8 Å². The first-order chi connectivity index (χ1) is 11.3. The fourth-order valence-corrected chi connectivity index (χ4v) is 3.88. The van der Waals surface area contributed by atoms with Crippen LogP contribution in [0.3, 0.4) is 0 Å². The molecule has 0 aromatic heterocycles. The second kappa shape index (κ2) is 5.99. The molecule has 3 rings (SSSR count). The summed E-state index contributed by atoms with van der Waals surface area (Å²) in [5.41, 5.74) is 1.82. The summed E-state index contributed by atoms with van der Waals surface area (Å²) in [6.45, 7) is 3.62. The summed E-state index contributed by atoms with van der Waals surface area (Å²) >= 11 is 0. The van der Waals surface area contributed by atoms with Crippen LogP contribution in [0.2, 0.25) is 0 Å². The summed E-state index contributed by atoms with van der Waals surface area (Å²) in [4.78, 5) is 11.8. The maximum absolute atomic E-state index is 14.3. The molecule has 1 aliphatic rings. The van der Waals surface area contributed by atoms with Gasteiger partial charge in [0, 0.05) is 12.1 Å². The molecule has 0 fully saturated rings. The summed E-state index contributed by atoms with van der Waals surface area (Å²) in [6.07, 6.45) is 0. The number of fused-ring (bicyclic) bond motifs is 1. The molecule has 1 unspecified atom stereocenters. The highest BCUT2D eigenvalue weighted by molar-refractivity contribution is 7.92. The van der Waals surface area contributed by atoms with Gasteiger partial charge in [0.05, 0.1) is 16.6 Å². The molecule has 7 heteroatoms. The molecule has 2 N–H and O–H groups in total. The number of halogens is 1. The lowest BCUT2D eigenvalue weighted by Gasteiger charge is -2.16. The molecule has 0 saturated carbocycles. The molecule has 2 aromatic rings. The van der Waals surface area contributed by atoms with E-state index in [2.05, 4.69) is 10.0 Å². The van der Waals surface area contributed by atoms with Gasteiger partial charge < -0.3 is 0 Å². The number of carbonyl (C=O) groups is 1. The fourth-order valence-electron chi connectivity index (χ4n) is 2.80. The van der Waals surface area contributed by atoms with Gasteiger partial charge >= 0.3 is 0 Å². The SMILES string of the molecule is CC(=O)C1NCc2ccc(F)c(NS(=O)(=O)c3ccc(C)cc3)c21. The molecule has 5 nitrogen and oxygen atoms in total. The quantitative estimate of drug-likeness (QED) is 0.891. The van der Waals surface area contributed by atoms with Gasteiger partial charge in [0.25, 0.3) is 10.0 Å². The number of anilines is 1. The van der Waals surface area contributed by atoms with Crippen molar-refractivity contribution in [3.8, 4) is 0 Å². The number of nitrogens with one attached hydrogen (secondary N) is 2. The normalized spacial score (nSPS) is 16.7. The lowest BCUT2D eigenvalue weighted by molar-refractivity contribution is -0.118. The van der Waals surface area contributed by atoms with Gasteiger partial charge in [0.15, 0.2) is 5.78 Å². The number of rotatable bonds is 4. The Labute approximate surface area is 139 Å². The Hall–Kier alpha value is -2.25. The minimum atomic E-state index is -3.95. The van der Waals surface area contributed by atoms with E-state index in [0.717, 1.165) is 5.56 Å². The molecule has 1 aliphatic heterocycles. The summed E-state index contributed by atoms with van der Waals surface area (Å²) in [7, 11) is -3.95. The van der Waals surface area contributed by atoms with Gasteiger partial charge in [-0.2, -0.15) is 0 Å². The monoisotopic (exact) mass is 348 g/mol. The molecule has 126 valence electrons. The van der Waals surface area contributed by atoms with Crippen LogP contribution in [0, 0.1) is 12.7 Å². The summed E-state index contributed by atoms with van der Waals surface area (Å²) < 4.78 is 41.8. The van der Waals surface area contributed by atoms with Gasteiger partial charge in [-0.15, -0.1) is 0 Å². The number of aryl methyl sites for hydroxylation is 1. The van der Waals surface area contributed by atoms with Crippen LogP contribution in [0.15, 0.2) is 41.3 Å². The van der Waals surface area contributed by atoms with Crippen molar-refractivity contribution in [2.24, 2.45) is 0 Å². The number of carbonyl (C=O) groups excluding carboxylic acids is 1. The standard InChI is InChI=1S/C17H17FN2O3S/c1-10-3-6-13(7-4-10)24(22,23)20-17-14(18)8-5-12-9-19-16(11(2)21)15(12)17/h3-8,16,19-20H,9H2,1-2H3.